The number of carbonyl (C=O) groups is 1. The molecule has 2 unspecified atom stereocenters. The van der Waals surface area contributed by atoms with E-state index in [1.165, 1.54) is 13.3 Å². The zero-order chi connectivity index (χ0) is 30.1. The van der Waals surface area contributed by atoms with Gasteiger partial charge in [0.05, 0.1) is 26.5 Å². The molecule has 3 aromatic rings. The lowest BCUT2D eigenvalue weighted by atomic mass is 9.81. The molecule has 10 nitrogen and oxygen atoms in total. The number of Topliss-reactive ketones (excluding diaryl/α,β-unsaturated/α-hetero) is 1. The van der Waals surface area contributed by atoms with Crippen LogP contribution in [-0.4, -0.2) is 80.3 Å². The highest BCUT2D eigenvalue weighted by atomic mass is 19.2. The second-order valence-corrected chi connectivity index (χ2v) is 10.8. The lowest BCUT2D eigenvalue weighted by molar-refractivity contribution is -0.236. The van der Waals surface area contributed by atoms with E-state index in [0.717, 1.165) is 16.8 Å². The van der Waals surface area contributed by atoms with E-state index in [2.05, 4.69) is 10.3 Å². The maximum absolute atomic E-state index is 13.8. The highest BCUT2D eigenvalue weighted by Crippen LogP contribution is 2.36. The Kier molecular flexibility index (Phi) is 9.14. The Balaban J connectivity index is 1.69. The first kappa shape index (κ1) is 30.6. The summed E-state index contributed by atoms with van der Waals surface area (Å²) in [6, 6.07) is 7.14. The number of para-hydroxylation sites is 1. The van der Waals surface area contributed by atoms with E-state index in [-0.39, 0.29) is 17.9 Å². The molecule has 3 N–H and O–H groups in total. The molecule has 0 aliphatic carbocycles. The van der Waals surface area contributed by atoms with Crippen LogP contribution in [0.1, 0.15) is 32.4 Å². The first-order valence-electron chi connectivity index (χ1n) is 12.8. The van der Waals surface area contributed by atoms with Gasteiger partial charge in [-0.05, 0) is 18.2 Å². The Morgan fingerprint density at radius 1 is 1.12 bits per heavy atom. The van der Waals surface area contributed by atoms with Gasteiger partial charge in [0, 0.05) is 16.5 Å². The number of aliphatic hydroxyl groups excluding tert-OH is 3. The summed E-state index contributed by atoms with van der Waals surface area (Å²) in [4.78, 5) is 13.6. The lowest BCUT2D eigenvalue weighted by Gasteiger charge is -2.45. The average Bonchev–Trinajstić information content (AvgIpc) is 3.42. The van der Waals surface area contributed by atoms with Gasteiger partial charge in [-0.2, -0.15) is 0 Å². The number of ether oxygens (including phenoxy) is 3. The highest BCUT2D eigenvalue weighted by Gasteiger charge is 2.51. The molecule has 2 heterocycles. The maximum atomic E-state index is 13.8. The number of benzene rings is 2. The van der Waals surface area contributed by atoms with Gasteiger partial charge in [0.25, 0.3) is 0 Å². The minimum Gasteiger partial charge on any atom is -0.496 e. The Hall–Kier alpha value is -3.36. The van der Waals surface area contributed by atoms with E-state index in [9.17, 15) is 33.3 Å². The number of rotatable bonds is 9. The van der Waals surface area contributed by atoms with Gasteiger partial charge in [-0.3, -0.25) is 4.79 Å². The molecule has 1 aliphatic rings. The van der Waals surface area contributed by atoms with Crippen LogP contribution >= 0.6 is 0 Å². The number of aliphatic hydroxyl groups is 3. The predicted molar refractivity (Wildman–Crippen MR) is 138 cm³/mol. The molecule has 1 fully saturated rings. The fourth-order valence-electron chi connectivity index (χ4n) is 4.70. The van der Waals surface area contributed by atoms with Crippen LogP contribution in [0.25, 0.3) is 11.3 Å². The number of hydrogen-bond donors (Lipinski definition) is 3. The Morgan fingerprint density at radius 3 is 2.39 bits per heavy atom. The normalized spacial score (nSPS) is 23.8. The van der Waals surface area contributed by atoms with Crippen molar-refractivity contribution >= 4 is 5.78 Å². The highest BCUT2D eigenvalue weighted by molar-refractivity contribution is 5.88. The summed E-state index contributed by atoms with van der Waals surface area (Å²) in [5, 5.41) is 40.2. The molecule has 1 aromatic heterocycles. The molecule has 2 aromatic carbocycles. The fourth-order valence-corrected chi connectivity index (χ4v) is 4.70. The molecule has 0 amide bonds. The Morgan fingerprint density at radius 2 is 1.78 bits per heavy atom. The van der Waals surface area contributed by atoms with Crippen molar-refractivity contribution in [3.05, 3.63) is 65.6 Å². The van der Waals surface area contributed by atoms with Crippen LogP contribution in [-0.2, 0) is 20.9 Å². The van der Waals surface area contributed by atoms with Crippen LogP contribution in [0.5, 0.6) is 5.75 Å². The second-order valence-electron chi connectivity index (χ2n) is 10.8. The monoisotopic (exact) mass is 579 g/mol. The summed E-state index contributed by atoms with van der Waals surface area (Å²) in [7, 11) is 1.49. The number of aromatic nitrogens is 3. The maximum Gasteiger partial charge on any atom is 0.194 e. The van der Waals surface area contributed by atoms with Crippen molar-refractivity contribution in [2.45, 2.75) is 63.9 Å². The van der Waals surface area contributed by atoms with Gasteiger partial charge in [0.2, 0.25) is 0 Å². The molecule has 222 valence electrons. The number of methoxy groups -OCH3 is 1. The van der Waals surface area contributed by atoms with E-state index in [1.54, 1.807) is 45.0 Å². The third-order valence-electron chi connectivity index (χ3n) is 6.93. The third-order valence-corrected chi connectivity index (χ3v) is 6.93. The third kappa shape index (κ3) is 6.28. The zero-order valence-corrected chi connectivity index (χ0v) is 22.9. The summed E-state index contributed by atoms with van der Waals surface area (Å²) in [6.07, 6.45) is -5.99. The van der Waals surface area contributed by atoms with Gasteiger partial charge < -0.3 is 29.5 Å². The molecule has 0 bridgehead atoms. The van der Waals surface area contributed by atoms with Crippen LogP contribution < -0.4 is 4.74 Å². The molecular weight excluding hydrogens is 547 g/mol. The molecule has 0 saturated carbocycles. The zero-order valence-electron chi connectivity index (χ0n) is 22.9. The number of carbonyl (C=O) groups excluding carboxylic acids is 1. The van der Waals surface area contributed by atoms with Gasteiger partial charge in [-0.15, -0.1) is 5.10 Å². The molecule has 41 heavy (non-hydrogen) atoms. The largest absolute Gasteiger partial charge is 0.496 e. The van der Waals surface area contributed by atoms with Crippen LogP contribution in [0, 0.1) is 22.9 Å². The summed E-state index contributed by atoms with van der Waals surface area (Å²) in [6.45, 7) is 4.24. The van der Waals surface area contributed by atoms with E-state index >= 15 is 0 Å². The fraction of sp³-hybridized carbons (Fsp3) is 0.464. The number of ketones is 1. The summed E-state index contributed by atoms with van der Waals surface area (Å²) in [5.74, 6) is -4.41. The van der Waals surface area contributed by atoms with Crippen molar-refractivity contribution in [2.75, 3.05) is 13.7 Å². The van der Waals surface area contributed by atoms with E-state index in [1.807, 2.05) is 0 Å². The average molecular weight is 580 g/mol. The SMILES string of the molecule is COc1ccccc1CO[C@H](C(=O)C(C)(C)C)[C@@H]1OC(CO)[C@H](O)[C@H](n2cc(-c3cc(F)c(F)c(F)c3)nn2)C1O. The van der Waals surface area contributed by atoms with Crippen molar-refractivity contribution in [2.24, 2.45) is 5.41 Å². The van der Waals surface area contributed by atoms with E-state index < -0.39 is 71.8 Å². The molecule has 13 heteroatoms. The van der Waals surface area contributed by atoms with Crippen molar-refractivity contribution in [1.29, 1.82) is 0 Å². The number of halogens is 3. The summed E-state index contributed by atoms with van der Waals surface area (Å²) < 4.78 is 59.4. The minimum absolute atomic E-state index is 0.0828. The van der Waals surface area contributed by atoms with Crippen molar-refractivity contribution in [1.82, 2.24) is 15.0 Å². The molecule has 1 aliphatic heterocycles. The molecule has 6 atom stereocenters. The first-order valence-corrected chi connectivity index (χ1v) is 12.8. The second kappa shape index (κ2) is 12.2. The van der Waals surface area contributed by atoms with Crippen LogP contribution in [0.2, 0.25) is 0 Å². The Bertz CT molecular complexity index is 1360. The van der Waals surface area contributed by atoms with Gasteiger partial charge in [0.1, 0.15) is 48.0 Å². The van der Waals surface area contributed by atoms with Crippen molar-refractivity contribution < 1.29 is 47.5 Å². The quantitative estimate of drug-likeness (QED) is 0.327. The topological polar surface area (TPSA) is 136 Å². The van der Waals surface area contributed by atoms with Crippen LogP contribution in [0.4, 0.5) is 13.2 Å². The minimum atomic E-state index is -1.65. The molecule has 0 spiro atoms. The molecule has 0 radical (unpaired) electrons. The molecule has 1 saturated heterocycles. The van der Waals surface area contributed by atoms with Crippen LogP contribution in [0.15, 0.2) is 42.6 Å². The van der Waals surface area contributed by atoms with Gasteiger partial charge in [-0.1, -0.05) is 44.2 Å². The smallest absolute Gasteiger partial charge is 0.194 e. The Labute approximate surface area is 234 Å². The molecule has 4 rings (SSSR count). The van der Waals surface area contributed by atoms with Gasteiger partial charge >= 0.3 is 0 Å². The summed E-state index contributed by atoms with van der Waals surface area (Å²) >= 11 is 0. The van der Waals surface area contributed by atoms with Crippen molar-refractivity contribution in [3.8, 4) is 17.0 Å². The first-order chi connectivity index (χ1) is 19.4. The van der Waals surface area contributed by atoms with E-state index in [0.29, 0.717) is 11.3 Å². The van der Waals surface area contributed by atoms with E-state index in [4.69, 9.17) is 14.2 Å². The lowest BCUT2D eigenvalue weighted by Crippen LogP contribution is -2.61. The van der Waals surface area contributed by atoms with Gasteiger partial charge in [0.15, 0.2) is 23.2 Å². The number of hydrogen-bond acceptors (Lipinski definition) is 9. The summed E-state index contributed by atoms with van der Waals surface area (Å²) in [5.41, 5.74) is -0.534. The predicted octanol–water partition coefficient (Wildman–Crippen LogP) is 2.59. The number of nitrogens with zero attached hydrogens (tertiary/aromatic N) is 3. The standard InChI is InChI=1S/C28H32F3N3O7/c1-28(2,3)27(38)26(40-13-14-7-5-6-8-19(14)39-4)25-24(37)22(23(36)20(12-35)41-25)34-11-18(32-33-34)15-9-16(29)21(31)17(30)10-15/h5-11,20,22-26,35-37H,12-13H2,1-4H3/t20?,22-,23-,24?,25+,26-/m0/s1. The van der Waals surface area contributed by atoms with Gasteiger partial charge in [-0.25, -0.2) is 17.9 Å². The van der Waals surface area contributed by atoms with Crippen LogP contribution in [0.3, 0.4) is 0 Å². The molecular formula is C28H32F3N3O7. The van der Waals surface area contributed by atoms with Crippen molar-refractivity contribution in [3.63, 3.8) is 0 Å².